The summed E-state index contributed by atoms with van der Waals surface area (Å²) in [5, 5.41) is 5.35. The van der Waals surface area contributed by atoms with Crippen LogP contribution in [0.3, 0.4) is 0 Å². The summed E-state index contributed by atoms with van der Waals surface area (Å²) in [5.41, 5.74) is 0.175. The number of nitrogens with one attached hydrogen (secondary N) is 2. The number of halogens is 1. The van der Waals surface area contributed by atoms with Gasteiger partial charge in [0.15, 0.2) is 0 Å². The van der Waals surface area contributed by atoms with Gasteiger partial charge in [-0.15, -0.1) is 0 Å². The molecule has 122 valence electrons. The van der Waals surface area contributed by atoms with E-state index in [1.54, 1.807) is 12.1 Å². The van der Waals surface area contributed by atoms with Crippen LogP contribution in [-0.2, 0) is 11.3 Å². The normalized spacial score (nSPS) is 12.0. The van der Waals surface area contributed by atoms with Crippen molar-refractivity contribution >= 4 is 11.8 Å². The summed E-state index contributed by atoms with van der Waals surface area (Å²) < 4.78 is 18.3. The molecule has 0 fully saturated rings. The zero-order valence-corrected chi connectivity index (χ0v) is 13.0. The lowest BCUT2D eigenvalue weighted by Crippen LogP contribution is -2.49. The van der Waals surface area contributed by atoms with Crippen molar-refractivity contribution in [3.05, 3.63) is 59.8 Å². The molecule has 0 radical (unpaired) electrons. The van der Waals surface area contributed by atoms with Gasteiger partial charge in [0.2, 0.25) is 5.91 Å². The van der Waals surface area contributed by atoms with Gasteiger partial charge in [-0.1, -0.05) is 19.9 Å². The van der Waals surface area contributed by atoms with Crippen molar-refractivity contribution in [2.75, 3.05) is 0 Å². The molecule has 0 aliphatic carbocycles. The summed E-state index contributed by atoms with van der Waals surface area (Å²) >= 11 is 0. The van der Waals surface area contributed by atoms with Crippen LogP contribution in [0.4, 0.5) is 4.39 Å². The van der Waals surface area contributed by atoms with Crippen molar-refractivity contribution in [3.8, 4) is 0 Å². The van der Waals surface area contributed by atoms with Gasteiger partial charge >= 0.3 is 0 Å². The molecule has 0 unspecified atom stereocenters. The third-order valence-corrected chi connectivity index (χ3v) is 3.34. The number of rotatable bonds is 6. The fraction of sp³-hybridized carbons (Fsp3) is 0.294. The minimum atomic E-state index is -0.722. The van der Waals surface area contributed by atoms with E-state index in [1.165, 1.54) is 24.5 Å². The van der Waals surface area contributed by atoms with Crippen molar-refractivity contribution in [3.63, 3.8) is 0 Å². The Balaban J connectivity index is 2.00. The molecular formula is C17H19FN2O3. The Morgan fingerprint density at radius 1 is 1.22 bits per heavy atom. The van der Waals surface area contributed by atoms with Crippen LogP contribution < -0.4 is 10.6 Å². The molecule has 2 rings (SSSR count). The van der Waals surface area contributed by atoms with Crippen molar-refractivity contribution in [2.45, 2.75) is 26.4 Å². The fourth-order valence-electron chi connectivity index (χ4n) is 2.09. The second kappa shape index (κ2) is 7.58. The lowest BCUT2D eigenvalue weighted by molar-refractivity contribution is -0.124. The van der Waals surface area contributed by atoms with E-state index in [-0.39, 0.29) is 23.9 Å². The zero-order valence-electron chi connectivity index (χ0n) is 13.0. The topological polar surface area (TPSA) is 71.3 Å². The second-order valence-electron chi connectivity index (χ2n) is 5.50. The summed E-state index contributed by atoms with van der Waals surface area (Å²) in [5.74, 6) is -0.806. The van der Waals surface area contributed by atoms with E-state index in [1.807, 2.05) is 13.8 Å². The Bertz CT molecular complexity index is 668. The molecule has 1 aromatic heterocycles. The van der Waals surface area contributed by atoms with Crippen LogP contribution in [0.1, 0.15) is 30.0 Å². The highest BCUT2D eigenvalue weighted by Crippen LogP contribution is 2.08. The molecule has 0 spiro atoms. The molecule has 5 nitrogen and oxygen atoms in total. The Morgan fingerprint density at radius 3 is 2.61 bits per heavy atom. The average molecular weight is 318 g/mol. The van der Waals surface area contributed by atoms with E-state index in [2.05, 4.69) is 10.6 Å². The maximum absolute atomic E-state index is 13.2. The first kappa shape index (κ1) is 16.7. The van der Waals surface area contributed by atoms with Gasteiger partial charge in [0.05, 0.1) is 12.8 Å². The van der Waals surface area contributed by atoms with E-state index in [4.69, 9.17) is 4.42 Å². The average Bonchev–Trinajstić information content (AvgIpc) is 3.03. The number of furan rings is 1. The molecule has 0 saturated heterocycles. The Hall–Kier alpha value is -2.63. The van der Waals surface area contributed by atoms with Crippen LogP contribution >= 0.6 is 0 Å². The van der Waals surface area contributed by atoms with Crippen molar-refractivity contribution in [2.24, 2.45) is 5.92 Å². The summed E-state index contributed by atoms with van der Waals surface area (Å²) in [6.07, 6.45) is 1.52. The van der Waals surface area contributed by atoms with Gasteiger partial charge in [-0.05, 0) is 36.2 Å². The predicted molar refractivity (Wildman–Crippen MR) is 83.0 cm³/mol. The maximum Gasteiger partial charge on any atom is 0.252 e. The van der Waals surface area contributed by atoms with E-state index in [0.29, 0.717) is 5.76 Å². The number of carbonyl (C=O) groups is 2. The Morgan fingerprint density at radius 2 is 2.00 bits per heavy atom. The van der Waals surface area contributed by atoms with Crippen LogP contribution in [-0.4, -0.2) is 17.9 Å². The van der Waals surface area contributed by atoms with Gasteiger partial charge in [0.1, 0.15) is 17.6 Å². The van der Waals surface area contributed by atoms with E-state index < -0.39 is 17.8 Å². The predicted octanol–water partition coefficient (Wildman–Crippen LogP) is 2.49. The third-order valence-electron chi connectivity index (χ3n) is 3.34. The zero-order chi connectivity index (χ0) is 16.8. The molecule has 2 aromatic rings. The molecule has 0 aliphatic heterocycles. The van der Waals surface area contributed by atoms with Gasteiger partial charge in [-0.25, -0.2) is 4.39 Å². The summed E-state index contributed by atoms with van der Waals surface area (Å²) in [7, 11) is 0. The quantitative estimate of drug-likeness (QED) is 0.859. The van der Waals surface area contributed by atoms with E-state index in [9.17, 15) is 14.0 Å². The lowest BCUT2D eigenvalue weighted by atomic mass is 10.0. The number of amides is 2. The standard InChI is InChI=1S/C17H19FN2O3/c1-11(2)15(17(22)19-10-14-7-4-8-23-14)20-16(21)12-5-3-6-13(18)9-12/h3-9,11,15H,10H2,1-2H3,(H,19,22)(H,20,21)/t15-/m0/s1. The van der Waals surface area contributed by atoms with Gasteiger partial charge < -0.3 is 15.1 Å². The van der Waals surface area contributed by atoms with Crippen molar-refractivity contribution in [1.82, 2.24) is 10.6 Å². The number of carbonyl (C=O) groups excluding carboxylic acids is 2. The molecule has 0 aliphatic rings. The van der Waals surface area contributed by atoms with Crippen LogP contribution in [0, 0.1) is 11.7 Å². The largest absolute Gasteiger partial charge is 0.467 e. The minimum Gasteiger partial charge on any atom is -0.467 e. The molecule has 1 atom stereocenters. The monoisotopic (exact) mass is 318 g/mol. The second-order valence-corrected chi connectivity index (χ2v) is 5.50. The first-order valence-electron chi connectivity index (χ1n) is 7.34. The van der Waals surface area contributed by atoms with Crippen LogP contribution in [0.25, 0.3) is 0 Å². The van der Waals surface area contributed by atoms with Gasteiger partial charge in [0.25, 0.3) is 5.91 Å². The van der Waals surface area contributed by atoms with E-state index >= 15 is 0 Å². The highest BCUT2D eigenvalue weighted by molar-refractivity contribution is 5.97. The Labute approximate surface area is 133 Å². The fourth-order valence-corrected chi connectivity index (χ4v) is 2.09. The van der Waals surface area contributed by atoms with Crippen molar-refractivity contribution < 1.29 is 18.4 Å². The van der Waals surface area contributed by atoms with Crippen LogP contribution in [0.5, 0.6) is 0 Å². The summed E-state index contributed by atoms with van der Waals surface area (Å²) in [6.45, 7) is 3.89. The highest BCUT2D eigenvalue weighted by atomic mass is 19.1. The third kappa shape index (κ3) is 4.67. The van der Waals surface area contributed by atoms with Gasteiger partial charge in [0, 0.05) is 5.56 Å². The SMILES string of the molecule is CC(C)[C@H](NC(=O)c1cccc(F)c1)C(=O)NCc1ccco1. The smallest absolute Gasteiger partial charge is 0.252 e. The van der Waals surface area contributed by atoms with E-state index in [0.717, 1.165) is 6.07 Å². The molecule has 1 aromatic carbocycles. The molecular weight excluding hydrogens is 299 g/mol. The van der Waals surface area contributed by atoms with Crippen molar-refractivity contribution in [1.29, 1.82) is 0 Å². The number of hydrogen-bond donors (Lipinski definition) is 2. The maximum atomic E-state index is 13.2. The molecule has 2 N–H and O–H groups in total. The summed E-state index contributed by atoms with van der Waals surface area (Å²) in [4.78, 5) is 24.4. The number of hydrogen-bond acceptors (Lipinski definition) is 3. The molecule has 1 heterocycles. The minimum absolute atomic E-state index is 0.121. The van der Waals surface area contributed by atoms with Crippen LogP contribution in [0.15, 0.2) is 47.1 Å². The van der Waals surface area contributed by atoms with Gasteiger partial charge in [-0.2, -0.15) is 0 Å². The molecule has 0 bridgehead atoms. The first-order valence-corrected chi connectivity index (χ1v) is 7.34. The number of benzene rings is 1. The molecule has 23 heavy (non-hydrogen) atoms. The lowest BCUT2D eigenvalue weighted by Gasteiger charge is -2.21. The van der Waals surface area contributed by atoms with Gasteiger partial charge in [-0.3, -0.25) is 9.59 Å². The molecule has 0 saturated carbocycles. The van der Waals surface area contributed by atoms with Crippen LogP contribution in [0.2, 0.25) is 0 Å². The first-order chi connectivity index (χ1) is 11.0. The molecule has 2 amide bonds. The highest BCUT2D eigenvalue weighted by Gasteiger charge is 2.24. The Kier molecular flexibility index (Phi) is 5.51. The summed E-state index contributed by atoms with van der Waals surface area (Å²) in [6, 6.07) is 8.09. The molecule has 6 heteroatoms.